The first-order valence-corrected chi connectivity index (χ1v) is 11.2. The lowest BCUT2D eigenvalue weighted by Crippen LogP contribution is -2.42. The number of hydrogen-bond acceptors (Lipinski definition) is 5. The third-order valence-corrected chi connectivity index (χ3v) is 5.38. The van der Waals surface area contributed by atoms with Crippen molar-refractivity contribution in [1.82, 2.24) is 30.3 Å². The van der Waals surface area contributed by atoms with E-state index in [0.29, 0.717) is 32.8 Å². The molecule has 2 N–H and O–H groups in total. The van der Waals surface area contributed by atoms with Gasteiger partial charge < -0.3 is 19.9 Å². The van der Waals surface area contributed by atoms with Gasteiger partial charge in [-0.2, -0.15) is 0 Å². The Bertz CT molecular complexity index is 875. The molecule has 2 heterocycles. The minimum Gasteiger partial charge on any atom is -0.379 e. The zero-order chi connectivity index (χ0) is 22.8. The monoisotopic (exact) mass is 443 g/mol. The van der Waals surface area contributed by atoms with Crippen molar-refractivity contribution in [2.24, 2.45) is 4.99 Å². The highest BCUT2D eigenvalue weighted by atomic mass is 19.1. The third kappa shape index (κ3) is 7.13. The maximum absolute atomic E-state index is 13.5. The van der Waals surface area contributed by atoms with Crippen molar-refractivity contribution >= 4 is 5.96 Å². The summed E-state index contributed by atoms with van der Waals surface area (Å²) in [6.45, 7) is 13.7. The number of aryl methyl sites for hydroxylation is 1. The van der Waals surface area contributed by atoms with Crippen molar-refractivity contribution in [1.29, 1.82) is 0 Å². The van der Waals surface area contributed by atoms with Crippen molar-refractivity contribution in [3.8, 4) is 0 Å². The van der Waals surface area contributed by atoms with E-state index in [9.17, 15) is 4.39 Å². The minimum atomic E-state index is -0.233. The van der Waals surface area contributed by atoms with Gasteiger partial charge in [0.2, 0.25) is 0 Å². The largest absolute Gasteiger partial charge is 0.379 e. The zero-order valence-electron chi connectivity index (χ0n) is 19.1. The highest BCUT2D eigenvalue weighted by Crippen LogP contribution is 2.22. The van der Waals surface area contributed by atoms with Gasteiger partial charge in [0.05, 0.1) is 25.8 Å². The van der Waals surface area contributed by atoms with Crippen LogP contribution in [0.4, 0.5) is 4.39 Å². The molecule has 1 aliphatic rings. The summed E-state index contributed by atoms with van der Waals surface area (Å²) in [6, 6.07) is 6.76. The van der Waals surface area contributed by atoms with Gasteiger partial charge in [-0.15, -0.1) is 10.2 Å². The van der Waals surface area contributed by atoms with E-state index in [1.54, 1.807) is 6.33 Å². The molecule has 1 atom stereocenters. The number of hydrogen-bond donors (Lipinski definition) is 2. The van der Waals surface area contributed by atoms with E-state index < -0.39 is 0 Å². The van der Waals surface area contributed by atoms with E-state index in [-0.39, 0.29) is 11.9 Å². The van der Waals surface area contributed by atoms with Gasteiger partial charge in [-0.05, 0) is 24.6 Å². The van der Waals surface area contributed by atoms with Crippen LogP contribution in [0.15, 0.2) is 47.7 Å². The Morgan fingerprint density at radius 1 is 1.25 bits per heavy atom. The quantitative estimate of drug-likeness (QED) is 0.333. The summed E-state index contributed by atoms with van der Waals surface area (Å²) in [5.74, 6) is 1.45. The highest BCUT2D eigenvalue weighted by molar-refractivity contribution is 5.80. The maximum atomic E-state index is 13.5. The number of aromatic nitrogens is 3. The molecular weight excluding hydrogens is 409 g/mol. The summed E-state index contributed by atoms with van der Waals surface area (Å²) in [4.78, 5) is 7.22. The molecule has 0 bridgehead atoms. The van der Waals surface area contributed by atoms with Crippen molar-refractivity contribution < 1.29 is 9.13 Å². The first-order chi connectivity index (χ1) is 15.6. The van der Waals surface area contributed by atoms with Crippen LogP contribution in [0, 0.1) is 5.82 Å². The Kier molecular flexibility index (Phi) is 9.18. The molecule has 32 heavy (non-hydrogen) atoms. The molecule has 1 fully saturated rings. The smallest absolute Gasteiger partial charge is 0.191 e. The highest BCUT2D eigenvalue weighted by Gasteiger charge is 2.22. The van der Waals surface area contributed by atoms with Crippen LogP contribution < -0.4 is 10.6 Å². The fraction of sp³-hybridized carbons (Fsp3) is 0.522. The molecule has 0 saturated carbocycles. The van der Waals surface area contributed by atoms with Crippen LogP contribution in [0.3, 0.4) is 0 Å². The number of nitrogens with one attached hydrogen (secondary N) is 2. The summed E-state index contributed by atoms with van der Waals surface area (Å²) in [6.07, 6.45) is 2.59. The molecule has 1 aromatic heterocycles. The molecular formula is C23H34FN7O. The van der Waals surface area contributed by atoms with Crippen LogP contribution in [-0.4, -0.2) is 71.6 Å². The molecule has 8 nitrogen and oxygen atoms in total. The van der Waals surface area contributed by atoms with Gasteiger partial charge in [-0.3, -0.25) is 9.89 Å². The van der Waals surface area contributed by atoms with Crippen LogP contribution in [0.2, 0.25) is 0 Å². The standard InChI is InChI=1S/C23H34FN7O/c1-4-22-29-28-17-31(22)10-9-25-23(26-15-18(2)3)27-16-21(30-11-13-32-14-12-30)19-5-7-20(24)8-6-19/h5-8,17,21H,2,4,9-16H2,1,3H3,(H2,25,26,27). The number of nitrogens with zero attached hydrogens (tertiary/aromatic N) is 5. The number of rotatable bonds is 10. The average Bonchev–Trinajstić information content (AvgIpc) is 3.26. The SMILES string of the molecule is C=C(C)CNC(=NCC(c1ccc(F)cc1)N1CCOCC1)NCCn1cnnc1CC. The topological polar surface area (TPSA) is 79.6 Å². The van der Waals surface area contributed by atoms with Gasteiger partial charge in [0.1, 0.15) is 18.0 Å². The zero-order valence-corrected chi connectivity index (χ0v) is 19.1. The molecule has 1 saturated heterocycles. The van der Waals surface area contributed by atoms with E-state index >= 15 is 0 Å². The molecule has 0 aliphatic carbocycles. The van der Waals surface area contributed by atoms with Crippen molar-refractivity contribution in [3.63, 3.8) is 0 Å². The predicted molar refractivity (Wildman–Crippen MR) is 124 cm³/mol. The third-order valence-electron chi connectivity index (χ3n) is 5.38. The van der Waals surface area contributed by atoms with Crippen LogP contribution in [0.1, 0.15) is 31.3 Å². The van der Waals surface area contributed by atoms with Gasteiger partial charge in [-0.25, -0.2) is 4.39 Å². The number of morpholine rings is 1. The molecule has 1 aromatic carbocycles. The lowest BCUT2D eigenvalue weighted by molar-refractivity contribution is 0.0179. The molecule has 3 rings (SSSR count). The summed E-state index contributed by atoms with van der Waals surface area (Å²) in [5.41, 5.74) is 2.07. The number of aliphatic imine (C=N–C) groups is 1. The summed E-state index contributed by atoms with van der Waals surface area (Å²) in [5, 5.41) is 14.9. The van der Waals surface area contributed by atoms with Gasteiger partial charge >= 0.3 is 0 Å². The van der Waals surface area contributed by atoms with E-state index in [1.165, 1.54) is 12.1 Å². The van der Waals surface area contributed by atoms with Crippen LogP contribution in [-0.2, 0) is 17.7 Å². The van der Waals surface area contributed by atoms with E-state index in [1.807, 2.05) is 23.6 Å². The van der Waals surface area contributed by atoms with Gasteiger partial charge in [0.15, 0.2) is 5.96 Å². The van der Waals surface area contributed by atoms with Crippen LogP contribution in [0.5, 0.6) is 0 Å². The van der Waals surface area contributed by atoms with Crippen LogP contribution in [0.25, 0.3) is 0 Å². The number of halogens is 1. The summed E-state index contributed by atoms with van der Waals surface area (Å²) in [7, 11) is 0. The fourth-order valence-electron chi connectivity index (χ4n) is 3.63. The molecule has 1 unspecified atom stereocenters. The fourth-order valence-corrected chi connectivity index (χ4v) is 3.63. The van der Waals surface area contributed by atoms with E-state index in [0.717, 1.165) is 49.0 Å². The van der Waals surface area contributed by atoms with Gasteiger partial charge in [0, 0.05) is 39.1 Å². The van der Waals surface area contributed by atoms with Gasteiger partial charge in [-0.1, -0.05) is 31.2 Å². The molecule has 174 valence electrons. The summed E-state index contributed by atoms with van der Waals surface area (Å²) >= 11 is 0. The second-order valence-corrected chi connectivity index (χ2v) is 7.94. The van der Waals surface area contributed by atoms with E-state index in [2.05, 4.69) is 39.2 Å². The first kappa shape index (κ1) is 23.9. The number of guanidine groups is 1. The second-order valence-electron chi connectivity index (χ2n) is 7.94. The van der Waals surface area contributed by atoms with Crippen molar-refractivity contribution in [2.45, 2.75) is 32.9 Å². The molecule has 9 heteroatoms. The Hall–Kier alpha value is -2.78. The molecule has 0 radical (unpaired) electrons. The average molecular weight is 444 g/mol. The van der Waals surface area contributed by atoms with Crippen LogP contribution >= 0.6 is 0 Å². The minimum absolute atomic E-state index is 0.0486. The molecule has 0 spiro atoms. The molecule has 0 amide bonds. The number of ether oxygens (including phenoxy) is 1. The van der Waals surface area contributed by atoms with Crippen molar-refractivity contribution in [2.75, 3.05) is 45.9 Å². The lowest BCUT2D eigenvalue weighted by Gasteiger charge is -2.34. The number of benzene rings is 1. The predicted octanol–water partition coefficient (Wildman–Crippen LogP) is 2.16. The van der Waals surface area contributed by atoms with E-state index in [4.69, 9.17) is 9.73 Å². The second kappa shape index (κ2) is 12.3. The molecule has 1 aliphatic heterocycles. The Labute approximate surface area is 189 Å². The van der Waals surface area contributed by atoms with Gasteiger partial charge in [0.25, 0.3) is 0 Å². The molecule has 2 aromatic rings. The Morgan fingerprint density at radius 2 is 2.00 bits per heavy atom. The summed E-state index contributed by atoms with van der Waals surface area (Å²) < 4.78 is 21.1. The van der Waals surface area contributed by atoms with Crippen molar-refractivity contribution in [3.05, 3.63) is 59.9 Å². The Balaban J connectivity index is 1.70. The maximum Gasteiger partial charge on any atom is 0.191 e. The Morgan fingerprint density at radius 3 is 2.69 bits per heavy atom. The first-order valence-electron chi connectivity index (χ1n) is 11.2. The lowest BCUT2D eigenvalue weighted by atomic mass is 10.0. The normalized spacial score (nSPS) is 16.0.